The van der Waals surface area contributed by atoms with E-state index in [2.05, 4.69) is 27.3 Å². The fraction of sp³-hybridized carbons (Fsp3) is 0.478. The zero-order valence-electron chi connectivity index (χ0n) is 17.5. The number of rotatable bonds is 4. The van der Waals surface area contributed by atoms with Crippen molar-refractivity contribution in [2.24, 2.45) is 0 Å². The minimum absolute atomic E-state index is 0.0165. The number of benzene rings is 1. The number of piperazine rings is 1. The Morgan fingerprint density at radius 2 is 1.87 bits per heavy atom. The maximum Gasteiger partial charge on any atom is 0.417 e. The quantitative estimate of drug-likeness (QED) is 0.799. The van der Waals surface area contributed by atoms with Crippen molar-refractivity contribution >= 4 is 11.7 Å². The molecule has 1 fully saturated rings. The van der Waals surface area contributed by atoms with Crippen LogP contribution in [0.4, 0.5) is 19.0 Å². The normalized spacial score (nSPS) is 20.8. The Hall–Kier alpha value is -2.61. The lowest BCUT2D eigenvalue weighted by atomic mass is 9.87. The average molecular weight is 432 g/mol. The summed E-state index contributed by atoms with van der Waals surface area (Å²) in [5.41, 5.74) is 1.78. The van der Waals surface area contributed by atoms with Crippen molar-refractivity contribution in [1.82, 2.24) is 15.2 Å². The second kappa shape index (κ2) is 8.86. The van der Waals surface area contributed by atoms with Gasteiger partial charge in [-0.15, -0.1) is 0 Å². The molecule has 1 N–H and O–H groups in total. The Balaban J connectivity index is 1.32. The monoisotopic (exact) mass is 432 g/mol. The molecular weight excluding hydrogens is 405 g/mol. The minimum Gasteiger partial charge on any atom is -0.354 e. The van der Waals surface area contributed by atoms with Crippen LogP contribution < -0.4 is 10.2 Å². The lowest BCUT2D eigenvalue weighted by Crippen LogP contribution is -2.54. The van der Waals surface area contributed by atoms with Crippen LogP contribution in [0.25, 0.3) is 0 Å². The van der Waals surface area contributed by atoms with Crippen molar-refractivity contribution in [2.75, 3.05) is 31.1 Å². The number of aryl methyl sites for hydroxylation is 1. The molecule has 5 nitrogen and oxygen atoms in total. The molecule has 0 bridgehead atoms. The highest BCUT2D eigenvalue weighted by atomic mass is 19.4. The number of halogens is 3. The number of anilines is 1. The molecule has 166 valence electrons. The van der Waals surface area contributed by atoms with Crippen molar-refractivity contribution in [3.8, 4) is 0 Å². The van der Waals surface area contributed by atoms with E-state index < -0.39 is 11.7 Å². The summed E-state index contributed by atoms with van der Waals surface area (Å²) >= 11 is 0. The van der Waals surface area contributed by atoms with E-state index in [1.807, 2.05) is 24.0 Å². The van der Waals surface area contributed by atoms with Crippen LogP contribution in [0.15, 0.2) is 42.6 Å². The Morgan fingerprint density at radius 1 is 1.13 bits per heavy atom. The van der Waals surface area contributed by atoms with Crippen LogP contribution in [0.1, 0.15) is 42.5 Å². The highest BCUT2D eigenvalue weighted by molar-refractivity contribution is 5.82. The maximum atomic E-state index is 12.9. The van der Waals surface area contributed by atoms with Crippen LogP contribution >= 0.6 is 0 Å². The summed E-state index contributed by atoms with van der Waals surface area (Å²) in [5.74, 6) is 0.548. The van der Waals surface area contributed by atoms with Crippen molar-refractivity contribution in [3.63, 3.8) is 0 Å². The summed E-state index contributed by atoms with van der Waals surface area (Å²) in [6, 6.07) is 10.5. The van der Waals surface area contributed by atoms with Crippen molar-refractivity contribution < 1.29 is 18.0 Å². The molecule has 2 aromatic rings. The first-order valence-corrected chi connectivity index (χ1v) is 10.7. The molecule has 1 aromatic heterocycles. The number of amides is 1. The zero-order chi connectivity index (χ0) is 22.0. The van der Waals surface area contributed by atoms with Gasteiger partial charge in [-0.2, -0.15) is 13.2 Å². The summed E-state index contributed by atoms with van der Waals surface area (Å²) < 4.78 is 38.2. The molecule has 8 heteroatoms. The Labute approximate surface area is 180 Å². The number of carbonyl (C=O) groups excluding carboxylic acids is 1. The number of aromatic nitrogens is 1. The molecule has 1 saturated heterocycles. The van der Waals surface area contributed by atoms with E-state index in [1.54, 1.807) is 0 Å². The fourth-order valence-corrected chi connectivity index (χ4v) is 4.44. The molecule has 0 unspecified atom stereocenters. The topological polar surface area (TPSA) is 48.5 Å². The van der Waals surface area contributed by atoms with Gasteiger partial charge >= 0.3 is 6.18 Å². The lowest BCUT2D eigenvalue weighted by Gasteiger charge is -2.38. The minimum atomic E-state index is -4.38. The van der Waals surface area contributed by atoms with Gasteiger partial charge in [0, 0.05) is 32.4 Å². The summed E-state index contributed by atoms with van der Waals surface area (Å²) in [4.78, 5) is 21.0. The summed E-state index contributed by atoms with van der Waals surface area (Å²) in [6.07, 6.45) is -0.443. The van der Waals surface area contributed by atoms with Gasteiger partial charge in [-0.25, -0.2) is 4.98 Å². The largest absolute Gasteiger partial charge is 0.417 e. The number of alkyl halides is 3. The van der Waals surface area contributed by atoms with Gasteiger partial charge in [-0.05, 0) is 49.4 Å². The van der Waals surface area contributed by atoms with E-state index in [9.17, 15) is 18.0 Å². The molecular formula is C23H27F3N4O. The highest BCUT2D eigenvalue weighted by Gasteiger charge is 2.32. The number of nitrogens with zero attached hydrogens (tertiary/aromatic N) is 3. The molecule has 0 saturated carbocycles. The van der Waals surface area contributed by atoms with E-state index in [4.69, 9.17) is 0 Å². The first-order chi connectivity index (χ1) is 14.8. The Kier molecular flexibility index (Phi) is 6.18. The second-order valence-electron chi connectivity index (χ2n) is 8.25. The van der Waals surface area contributed by atoms with Crippen LogP contribution in [0.3, 0.4) is 0 Å². The molecule has 31 heavy (non-hydrogen) atoms. The van der Waals surface area contributed by atoms with Crippen LogP contribution in [-0.4, -0.2) is 48.0 Å². The van der Waals surface area contributed by atoms with Gasteiger partial charge in [-0.3, -0.25) is 9.69 Å². The molecule has 2 heterocycles. The molecule has 0 spiro atoms. The van der Waals surface area contributed by atoms with Gasteiger partial charge < -0.3 is 10.2 Å². The van der Waals surface area contributed by atoms with E-state index in [0.29, 0.717) is 32.0 Å². The van der Waals surface area contributed by atoms with Crippen molar-refractivity contribution in [1.29, 1.82) is 0 Å². The number of pyridine rings is 1. The standard InChI is InChI=1S/C23H27F3N4O/c1-16(22(31)28-20-8-4-6-17-5-2-3-7-19(17)20)29-11-13-30(14-12-29)21-10-9-18(15-27-21)23(24,25)26/h2-3,5,7,9-10,15-16,20H,4,6,8,11-14H2,1H3,(H,28,31)/t16-,20-/m0/s1. The van der Waals surface area contributed by atoms with E-state index in [-0.39, 0.29) is 18.0 Å². The van der Waals surface area contributed by atoms with E-state index in [0.717, 1.165) is 31.5 Å². The van der Waals surface area contributed by atoms with Crippen LogP contribution in [-0.2, 0) is 17.4 Å². The predicted molar refractivity (Wildman–Crippen MR) is 113 cm³/mol. The fourth-order valence-electron chi connectivity index (χ4n) is 4.44. The Bertz CT molecular complexity index is 908. The highest BCUT2D eigenvalue weighted by Crippen LogP contribution is 2.30. The van der Waals surface area contributed by atoms with Crippen molar-refractivity contribution in [2.45, 2.75) is 44.4 Å². The number of fused-ring (bicyclic) bond motifs is 1. The number of nitrogens with one attached hydrogen (secondary N) is 1. The SMILES string of the molecule is C[C@@H](C(=O)N[C@H]1CCCc2ccccc21)N1CCN(c2ccc(C(F)(F)F)cn2)CC1. The third kappa shape index (κ3) is 4.84. The van der Waals surface area contributed by atoms with Crippen LogP contribution in [0, 0.1) is 0 Å². The maximum absolute atomic E-state index is 12.9. The first-order valence-electron chi connectivity index (χ1n) is 10.7. The molecule has 2 aliphatic rings. The predicted octanol–water partition coefficient (Wildman–Crippen LogP) is 3.80. The Morgan fingerprint density at radius 3 is 2.55 bits per heavy atom. The number of carbonyl (C=O) groups is 1. The first kappa shape index (κ1) is 21.6. The van der Waals surface area contributed by atoms with Gasteiger partial charge in [0.25, 0.3) is 0 Å². The average Bonchev–Trinajstić information content (AvgIpc) is 2.78. The molecule has 1 aromatic carbocycles. The lowest BCUT2D eigenvalue weighted by molar-refractivity contribution is -0.137. The molecule has 1 aliphatic heterocycles. The van der Waals surface area contributed by atoms with Gasteiger partial charge in [0.1, 0.15) is 5.82 Å². The summed E-state index contributed by atoms with van der Waals surface area (Å²) in [5, 5.41) is 3.22. The van der Waals surface area contributed by atoms with Crippen LogP contribution in [0.5, 0.6) is 0 Å². The van der Waals surface area contributed by atoms with Crippen LogP contribution in [0.2, 0.25) is 0 Å². The third-order valence-electron chi connectivity index (χ3n) is 6.33. The number of hydrogen-bond donors (Lipinski definition) is 1. The molecule has 1 aliphatic carbocycles. The van der Waals surface area contributed by atoms with E-state index >= 15 is 0 Å². The summed E-state index contributed by atoms with van der Waals surface area (Å²) in [6.45, 7) is 4.44. The van der Waals surface area contributed by atoms with Crippen molar-refractivity contribution in [3.05, 3.63) is 59.3 Å². The molecule has 2 atom stereocenters. The van der Waals surface area contributed by atoms with Gasteiger partial charge in [0.05, 0.1) is 17.6 Å². The van der Waals surface area contributed by atoms with Gasteiger partial charge in [0.2, 0.25) is 5.91 Å². The number of hydrogen-bond acceptors (Lipinski definition) is 4. The van der Waals surface area contributed by atoms with Gasteiger partial charge in [0.15, 0.2) is 0 Å². The molecule has 1 amide bonds. The zero-order valence-corrected chi connectivity index (χ0v) is 17.5. The molecule has 4 rings (SSSR count). The van der Waals surface area contributed by atoms with E-state index in [1.165, 1.54) is 17.2 Å². The smallest absolute Gasteiger partial charge is 0.354 e. The third-order valence-corrected chi connectivity index (χ3v) is 6.33. The molecule has 0 radical (unpaired) electrons. The summed E-state index contributed by atoms with van der Waals surface area (Å²) in [7, 11) is 0. The second-order valence-corrected chi connectivity index (χ2v) is 8.25. The van der Waals surface area contributed by atoms with Gasteiger partial charge in [-0.1, -0.05) is 24.3 Å².